The van der Waals surface area contributed by atoms with Crippen LogP contribution in [-0.4, -0.2) is 59.4 Å². The molecule has 0 saturated carbocycles. The standard InChI is InChI=1S/C22H27N3O4S/c1-15(26)24-11-7-17(8-12-24)29-20-14-16(5-6-19(20)28-2)22(27)25-10-3-4-18(25)21-23-9-13-30-21/h5-6,9,13-14,17-18H,3-4,7-8,10-12H2,1-2H3. The van der Waals surface area contributed by atoms with Crippen LogP contribution in [0.15, 0.2) is 29.8 Å². The molecule has 7 nitrogen and oxygen atoms in total. The first-order valence-corrected chi connectivity index (χ1v) is 11.3. The first kappa shape index (κ1) is 20.7. The molecule has 0 radical (unpaired) electrons. The molecular weight excluding hydrogens is 402 g/mol. The van der Waals surface area contributed by atoms with Crippen LogP contribution in [0.1, 0.15) is 54.0 Å². The minimum absolute atomic E-state index is 0.00490. The second-order valence-corrected chi connectivity index (χ2v) is 8.64. The van der Waals surface area contributed by atoms with Crippen molar-refractivity contribution in [3.05, 3.63) is 40.3 Å². The van der Waals surface area contributed by atoms with Crippen LogP contribution in [0.4, 0.5) is 0 Å². The van der Waals surface area contributed by atoms with Crippen LogP contribution in [0.25, 0.3) is 0 Å². The van der Waals surface area contributed by atoms with Gasteiger partial charge in [0.15, 0.2) is 11.5 Å². The number of benzene rings is 1. The minimum Gasteiger partial charge on any atom is -0.493 e. The third-order valence-corrected chi connectivity index (χ3v) is 6.72. The van der Waals surface area contributed by atoms with E-state index in [1.165, 1.54) is 0 Å². The predicted octanol–water partition coefficient (Wildman–Crippen LogP) is 3.52. The monoisotopic (exact) mass is 429 g/mol. The number of amides is 2. The summed E-state index contributed by atoms with van der Waals surface area (Å²) in [5.74, 6) is 1.28. The largest absolute Gasteiger partial charge is 0.493 e. The average molecular weight is 430 g/mol. The highest BCUT2D eigenvalue weighted by atomic mass is 32.1. The number of piperidine rings is 1. The summed E-state index contributed by atoms with van der Waals surface area (Å²) in [6, 6.07) is 5.42. The van der Waals surface area contributed by atoms with E-state index in [-0.39, 0.29) is 24.0 Å². The molecule has 3 heterocycles. The molecule has 2 aliphatic rings. The Labute approximate surface area is 180 Å². The van der Waals surface area contributed by atoms with Crippen LogP contribution < -0.4 is 9.47 Å². The summed E-state index contributed by atoms with van der Waals surface area (Å²) in [5.41, 5.74) is 0.593. The third kappa shape index (κ3) is 4.28. The lowest BCUT2D eigenvalue weighted by molar-refractivity contribution is -0.130. The molecule has 0 N–H and O–H groups in total. The van der Waals surface area contributed by atoms with E-state index in [9.17, 15) is 9.59 Å². The Kier molecular flexibility index (Phi) is 6.22. The maximum absolute atomic E-state index is 13.3. The minimum atomic E-state index is -0.00778. The molecule has 160 valence electrons. The molecule has 1 aromatic carbocycles. The number of carbonyl (C=O) groups excluding carboxylic acids is 2. The first-order chi connectivity index (χ1) is 14.6. The van der Waals surface area contributed by atoms with Crippen molar-refractivity contribution in [3.8, 4) is 11.5 Å². The number of likely N-dealkylation sites (tertiary alicyclic amines) is 2. The van der Waals surface area contributed by atoms with Crippen LogP contribution >= 0.6 is 11.3 Å². The number of hydrogen-bond acceptors (Lipinski definition) is 6. The van der Waals surface area contributed by atoms with E-state index >= 15 is 0 Å². The van der Waals surface area contributed by atoms with Gasteiger partial charge in [-0.3, -0.25) is 9.59 Å². The smallest absolute Gasteiger partial charge is 0.254 e. The molecule has 2 fully saturated rings. The van der Waals surface area contributed by atoms with Crippen LogP contribution in [0, 0.1) is 0 Å². The Morgan fingerprint density at radius 1 is 1.13 bits per heavy atom. The number of ether oxygens (including phenoxy) is 2. The fourth-order valence-electron chi connectivity index (χ4n) is 4.20. The van der Waals surface area contributed by atoms with Gasteiger partial charge in [-0.1, -0.05) is 0 Å². The molecule has 1 aromatic heterocycles. The number of methoxy groups -OCH3 is 1. The molecule has 1 unspecified atom stereocenters. The molecule has 2 aliphatic heterocycles. The Balaban J connectivity index is 1.50. The molecule has 4 rings (SSSR count). The number of rotatable bonds is 5. The van der Waals surface area contributed by atoms with Gasteiger partial charge >= 0.3 is 0 Å². The topological polar surface area (TPSA) is 72.0 Å². The fraction of sp³-hybridized carbons (Fsp3) is 0.500. The summed E-state index contributed by atoms with van der Waals surface area (Å²) in [7, 11) is 1.60. The van der Waals surface area contributed by atoms with Crippen molar-refractivity contribution in [2.24, 2.45) is 0 Å². The van der Waals surface area contributed by atoms with Gasteiger partial charge < -0.3 is 19.3 Å². The van der Waals surface area contributed by atoms with Gasteiger partial charge in [0, 0.05) is 56.5 Å². The lowest BCUT2D eigenvalue weighted by Gasteiger charge is -2.32. The quantitative estimate of drug-likeness (QED) is 0.727. The molecule has 8 heteroatoms. The van der Waals surface area contributed by atoms with Crippen LogP contribution in [-0.2, 0) is 4.79 Å². The van der Waals surface area contributed by atoms with Gasteiger partial charge in [0.1, 0.15) is 11.1 Å². The summed E-state index contributed by atoms with van der Waals surface area (Å²) in [6.07, 6.45) is 5.22. The van der Waals surface area contributed by atoms with E-state index in [1.807, 2.05) is 15.2 Å². The van der Waals surface area contributed by atoms with Crippen molar-refractivity contribution in [1.82, 2.24) is 14.8 Å². The lowest BCUT2D eigenvalue weighted by atomic mass is 10.1. The van der Waals surface area contributed by atoms with Gasteiger partial charge in [0.05, 0.1) is 13.2 Å². The zero-order valence-electron chi connectivity index (χ0n) is 17.4. The second-order valence-electron chi connectivity index (χ2n) is 7.72. The van der Waals surface area contributed by atoms with Gasteiger partial charge in [-0.05, 0) is 31.0 Å². The van der Waals surface area contributed by atoms with E-state index in [0.717, 1.165) is 37.2 Å². The average Bonchev–Trinajstić information content (AvgIpc) is 3.45. The zero-order valence-corrected chi connectivity index (χ0v) is 18.2. The van der Waals surface area contributed by atoms with E-state index in [2.05, 4.69) is 4.98 Å². The van der Waals surface area contributed by atoms with E-state index in [1.54, 1.807) is 49.8 Å². The van der Waals surface area contributed by atoms with Crippen LogP contribution in [0.5, 0.6) is 11.5 Å². The highest BCUT2D eigenvalue weighted by Crippen LogP contribution is 2.36. The highest BCUT2D eigenvalue weighted by molar-refractivity contribution is 7.09. The zero-order chi connectivity index (χ0) is 21.1. The summed E-state index contributed by atoms with van der Waals surface area (Å²) in [5, 5.41) is 2.94. The maximum atomic E-state index is 13.3. The summed E-state index contributed by atoms with van der Waals surface area (Å²) in [4.78, 5) is 33.0. The maximum Gasteiger partial charge on any atom is 0.254 e. The highest BCUT2D eigenvalue weighted by Gasteiger charge is 2.32. The van der Waals surface area contributed by atoms with Gasteiger partial charge in [-0.2, -0.15) is 0 Å². The molecule has 0 spiro atoms. The Bertz CT molecular complexity index is 894. The Morgan fingerprint density at radius 3 is 2.60 bits per heavy atom. The number of hydrogen-bond donors (Lipinski definition) is 0. The summed E-state index contributed by atoms with van der Waals surface area (Å²) in [6.45, 7) is 3.69. The first-order valence-electron chi connectivity index (χ1n) is 10.4. The normalized spacial score (nSPS) is 19.7. The number of aromatic nitrogens is 1. The van der Waals surface area contributed by atoms with Crippen molar-refractivity contribution in [3.63, 3.8) is 0 Å². The van der Waals surface area contributed by atoms with Gasteiger partial charge in [-0.15, -0.1) is 11.3 Å². The van der Waals surface area contributed by atoms with Crippen molar-refractivity contribution < 1.29 is 19.1 Å². The third-order valence-electron chi connectivity index (χ3n) is 5.84. The SMILES string of the molecule is COc1ccc(C(=O)N2CCCC2c2nccs2)cc1OC1CCN(C(C)=O)CC1. The fourth-order valence-corrected chi connectivity index (χ4v) is 4.99. The van der Waals surface area contributed by atoms with Crippen molar-refractivity contribution >= 4 is 23.2 Å². The molecule has 1 atom stereocenters. The van der Waals surface area contributed by atoms with E-state index < -0.39 is 0 Å². The summed E-state index contributed by atoms with van der Waals surface area (Å²) < 4.78 is 11.7. The molecule has 2 aromatic rings. The Hall–Kier alpha value is -2.61. The van der Waals surface area contributed by atoms with Crippen LogP contribution in [0.3, 0.4) is 0 Å². The van der Waals surface area contributed by atoms with E-state index in [4.69, 9.17) is 9.47 Å². The molecule has 0 bridgehead atoms. The summed E-state index contributed by atoms with van der Waals surface area (Å²) >= 11 is 1.59. The molecule has 2 saturated heterocycles. The number of carbonyl (C=O) groups is 2. The van der Waals surface area contributed by atoms with Gasteiger partial charge in [-0.25, -0.2) is 4.98 Å². The van der Waals surface area contributed by atoms with Crippen LogP contribution in [0.2, 0.25) is 0 Å². The second kappa shape index (κ2) is 9.04. The van der Waals surface area contributed by atoms with Crippen molar-refractivity contribution in [2.75, 3.05) is 26.7 Å². The van der Waals surface area contributed by atoms with Gasteiger partial charge in [0.2, 0.25) is 5.91 Å². The number of nitrogens with zero attached hydrogens (tertiary/aromatic N) is 3. The molecular formula is C22H27N3O4S. The van der Waals surface area contributed by atoms with Crippen molar-refractivity contribution in [2.45, 2.75) is 44.8 Å². The van der Waals surface area contributed by atoms with Crippen molar-refractivity contribution in [1.29, 1.82) is 0 Å². The molecule has 0 aliphatic carbocycles. The molecule has 30 heavy (non-hydrogen) atoms. The van der Waals surface area contributed by atoms with E-state index in [0.29, 0.717) is 30.2 Å². The van der Waals surface area contributed by atoms with Gasteiger partial charge in [0.25, 0.3) is 5.91 Å². The predicted molar refractivity (Wildman–Crippen MR) is 114 cm³/mol. The molecule has 2 amide bonds. The number of thiazole rings is 1. The Morgan fingerprint density at radius 2 is 1.93 bits per heavy atom. The lowest BCUT2D eigenvalue weighted by Crippen LogP contribution is -2.40.